The smallest absolute Gasteiger partial charge is 0.262 e. The monoisotopic (exact) mass is 477 g/mol. The largest absolute Gasteiger partial charge is 0.756 e. The maximum absolute atomic E-state index is 11.2. The lowest BCUT2D eigenvalue weighted by atomic mass is 10.1. The first-order valence-electron chi connectivity index (χ1n) is 9.94. The summed E-state index contributed by atoms with van der Waals surface area (Å²) < 4.78 is 37.8. The quantitative estimate of drug-likeness (QED) is 0.216. The molecular weight excluding hydrogens is 445 g/mol. The van der Waals surface area contributed by atoms with Gasteiger partial charge in [-0.1, -0.05) is 38.3 Å². The van der Waals surface area contributed by atoms with Gasteiger partial charge in [0.25, 0.3) is 7.82 Å². The number of nitrogens with zero attached hydrogens (tertiary/aromatic N) is 2. The molecule has 1 aromatic heterocycles. The molecule has 4 N–H and O–H groups in total. The number of aryl methyl sites for hydroxylation is 1. The Balaban J connectivity index is 0.000000861. The molecule has 10 nitrogen and oxygen atoms in total. The Labute approximate surface area is 183 Å². The van der Waals surface area contributed by atoms with E-state index in [9.17, 15) is 13.5 Å². The van der Waals surface area contributed by atoms with Gasteiger partial charge in [-0.15, -0.1) is 0 Å². The fourth-order valence-corrected chi connectivity index (χ4v) is 3.43. The second-order valence-corrected chi connectivity index (χ2v) is 9.99. The average Bonchev–Trinajstić information content (AvgIpc) is 3.06. The normalized spacial score (nSPS) is 12.7. The van der Waals surface area contributed by atoms with E-state index in [-0.39, 0.29) is 0 Å². The number of sulfonamides is 1. The minimum absolute atomic E-state index is 0.460. The van der Waals surface area contributed by atoms with Crippen molar-refractivity contribution in [1.29, 1.82) is 0 Å². The number of anilines is 1. The van der Waals surface area contributed by atoms with Gasteiger partial charge in [-0.2, -0.15) is 0 Å². The zero-order valence-corrected chi connectivity index (χ0v) is 19.5. The van der Waals surface area contributed by atoms with Gasteiger partial charge in [0.15, 0.2) is 0 Å². The van der Waals surface area contributed by atoms with Gasteiger partial charge in [0.05, 0.1) is 12.8 Å². The molecule has 31 heavy (non-hydrogen) atoms. The Morgan fingerprint density at radius 3 is 2.29 bits per heavy atom. The van der Waals surface area contributed by atoms with Gasteiger partial charge in [-0.3, -0.25) is 9.29 Å². The Morgan fingerprint density at radius 2 is 1.74 bits per heavy atom. The van der Waals surface area contributed by atoms with Crippen molar-refractivity contribution in [3.05, 3.63) is 48.5 Å². The van der Waals surface area contributed by atoms with Crippen LogP contribution in [0.4, 0.5) is 5.69 Å². The number of unbranched alkanes of at least 4 members (excludes halogenated alkanes) is 4. The van der Waals surface area contributed by atoms with Crippen molar-refractivity contribution in [2.24, 2.45) is 0 Å². The maximum Gasteiger partial charge on any atom is 0.262 e. The highest BCUT2D eigenvalue weighted by Gasteiger charge is 2.13. The molecule has 0 aliphatic rings. The second kappa shape index (κ2) is 12.9. The molecule has 0 amide bonds. The van der Waals surface area contributed by atoms with Crippen LogP contribution >= 0.6 is 7.82 Å². The van der Waals surface area contributed by atoms with E-state index in [0.29, 0.717) is 12.2 Å². The molecule has 176 valence electrons. The summed E-state index contributed by atoms with van der Waals surface area (Å²) in [6, 6.07) is 6.80. The van der Waals surface area contributed by atoms with Crippen molar-refractivity contribution in [2.45, 2.75) is 58.2 Å². The van der Waals surface area contributed by atoms with Crippen LogP contribution in [0.2, 0.25) is 0 Å². The van der Waals surface area contributed by atoms with Crippen LogP contribution in [0.3, 0.4) is 0 Å². The Morgan fingerprint density at radius 1 is 1.16 bits per heavy atom. The van der Waals surface area contributed by atoms with E-state index in [1.807, 2.05) is 23.3 Å². The predicted octanol–water partition coefficient (Wildman–Crippen LogP) is 1.29. The van der Waals surface area contributed by atoms with Crippen LogP contribution < -0.4 is 14.2 Å². The molecule has 1 heterocycles. The van der Waals surface area contributed by atoms with Crippen molar-refractivity contribution in [1.82, 2.24) is 4.57 Å². The van der Waals surface area contributed by atoms with Gasteiger partial charge < -0.3 is 19.8 Å². The van der Waals surface area contributed by atoms with Crippen molar-refractivity contribution in [3.63, 3.8) is 0 Å². The van der Waals surface area contributed by atoms with Crippen LogP contribution in [0.1, 0.15) is 50.7 Å². The summed E-state index contributed by atoms with van der Waals surface area (Å²) in [6.45, 7) is 3.68. The van der Waals surface area contributed by atoms with Crippen molar-refractivity contribution < 1.29 is 37.3 Å². The van der Waals surface area contributed by atoms with Crippen LogP contribution in [0.15, 0.2) is 43.0 Å². The number of rotatable bonds is 11. The molecule has 1 atom stereocenters. The molecule has 2 aromatic rings. The fraction of sp³-hybridized carbons (Fsp3) is 0.526. The van der Waals surface area contributed by atoms with Gasteiger partial charge in [-0.05, 0) is 30.5 Å². The standard InChI is InChI=1S/C19H30N3O3S.H3O4P/c1-3-4-5-6-7-12-21-13-14-22(16-21)15-19(23)17-8-10-18(11-9-17)20-26(2,24)25;1-5(2,3)4/h8-11,13-14,16,19-20,23H,3-7,12,15H2,1-2H3;(H3,1,2,3,4)/q+1;/p-1. The lowest BCUT2D eigenvalue weighted by Crippen LogP contribution is -2.34. The topological polar surface area (TPSA) is 156 Å². The van der Waals surface area contributed by atoms with Crippen molar-refractivity contribution in [3.8, 4) is 0 Å². The number of phosphoric acid groups is 1. The van der Waals surface area contributed by atoms with Crippen molar-refractivity contribution in [2.75, 3.05) is 11.0 Å². The summed E-state index contributed by atoms with van der Waals surface area (Å²) >= 11 is 0. The van der Waals surface area contributed by atoms with E-state index < -0.39 is 23.9 Å². The lowest BCUT2D eigenvalue weighted by molar-refractivity contribution is -0.704. The van der Waals surface area contributed by atoms with Gasteiger partial charge in [0, 0.05) is 5.69 Å². The third kappa shape index (κ3) is 14.0. The lowest BCUT2D eigenvalue weighted by Gasteiger charge is -2.10. The molecule has 0 radical (unpaired) electrons. The fourth-order valence-electron chi connectivity index (χ4n) is 2.87. The third-order valence-electron chi connectivity index (χ3n) is 4.25. The highest BCUT2D eigenvalue weighted by atomic mass is 32.2. The van der Waals surface area contributed by atoms with Crippen LogP contribution in [0, 0.1) is 0 Å². The van der Waals surface area contributed by atoms with Crippen LogP contribution in [0.25, 0.3) is 0 Å². The molecule has 0 fully saturated rings. The van der Waals surface area contributed by atoms with Gasteiger partial charge >= 0.3 is 0 Å². The molecule has 0 aliphatic carbocycles. The van der Waals surface area contributed by atoms with E-state index in [1.165, 1.54) is 32.1 Å². The Kier molecular flexibility index (Phi) is 11.4. The first kappa shape index (κ1) is 27.3. The zero-order valence-electron chi connectivity index (χ0n) is 17.8. The molecule has 1 aromatic carbocycles. The van der Waals surface area contributed by atoms with E-state index in [4.69, 9.17) is 19.2 Å². The number of hydrogen-bond donors (Lipinski definition) is 4. The Bertz CT molecular complexity index is 918. The van der Waals surface area contributed by atoms with Crippen LogP contribution in [0.5, 0.6) is 0 Å². The van der Waals surface area contributed by atoms with E-state index in [1.54, 1.807) is 24.3 Å². The summed E-state index contributed by atoms with van der Waals surface area (Å²) in [5.74, 6) is 0. The number of aliphatic hydroxyl groups excluding tert-OH is 1. The number of benzene rings is 1. The summed E-state index contributed by atoms with van der Waals surface area (Å²) in [6.07, 6.45) is 12.8. The van der Waals surface area contributed by atoms with E-state index in [0.717, 1.165) is 18.4 Å². The molecule has 2 rings (SSSR count). The van der Waals surface area contributed by atoms with Crippen molar-refractivity contribution >= 4 is 23.5 Å². The van der Waals surface area contributed by atoms with Gasteiger partial charge in [0.2, 0.25) is 16.4 Å². The number of imidazole rings is 1. The number of nitrogens with one attached hydrogen (secondary N) is 1. The molecule has 0 saturated heterocycles. The minimum atomic E-state index is -4.89. The summed E-state index contributed by atoms with van der Waals surface area (Å²) in [5.41, 5.74) is 1.24. The summed E-state index contributed by atoms with van der Waals surface area (Å²) in [4.78, 5) is 22.9. The molecule has 0 spiro atoms. The van der Waals surface area contributed by atoms with Crippen LogP contribution in [-0.2, 0) is 27.7 Å². The van der Waals surface area contributed by atoms with E-state index >= 15 is 0 Å². The average molecular weight is 478 g/mol. The molecule has 1 unspecified atom stereocenters. The van der Waals surface area contributed by atoms with Crippen LogP contribution in [-0.4, -0.2) is 34.1 Å². The SMILES string of the molecule is CCCCCCCn1cc[n+](CC(O)c2ccc(NS(C)(=O)=O)cc2)c1.O=P([O-])(O)O. The third-order valence-corrected chi connectivity index (χ3v) is 4.86. The minimum Gasteiger partial charge on any atom is -0.756 e. The first-order valence-corrected chi connectivity index (χ1v) is 13.4. The zero-order chi connectivity index (χ0) is 23.5. The predicted molar refractivity (Wildman–Crippen MR) is 115 cm³/mol. The maximum atomic E-state index is 11.2. The van der Waals surface area contributed by atoms with E-state index in [2.05, 4.69) is 16.2 Å². The number of aliphatic hydroxyl groups is 1. The molecule has 12 heteroatoms. The second-order valence-electron chi connectivity index (χ2n) is 7.27. The number of hydrogen-bond acceptors (Lipinski definition) is 5. The molecule has 0 saturated carbocycles. The van der Waals surface area contributed by atoms with Gasteiger partial charge in [-0.25, -0.2) is 17.6 Å². The molecular formula is C19H32N3O7PS. The molecule has 0 aliphatic heterocycles. The Hall–Kier alpha value is -1.75. The summed E-state index contributed by atoms with van der Waals surface area (Å²) in [5, 5.41) is 10.4. The summed E-state index contributed by atoms with van der Waals surface area (Å²) in [7, 11) is -8.18. The first-order chi connectivity index (χ1) is 14.4. The molecule has 0 bridgehead atoms. The highest BCUT2D eigenvalue weighted by molar-refractivity contribution is 7.92. The highest BCUT2D eigenvalue weighted by Crippen LogP contribution is 2.19. The number of aromatic nitrogens is 2. The van der Waals surface area contributed by atoms with Gasteiger partial charge in [0.1, 0.15) is 25.0 Å².